The number of carbonyl (C=O) groups is 2. The zero-order valence-corrected chi connectivity index (χ0v) is 9.46. The van der Waals surface area contributed by atoms with Gasteiger partial charge in [0.1, 0.15) is 18.3 Å². The number of imide groups is 1. The first-order valence-corrected chi connectivity index (χ1v) is 5.53. The Labute approximate surface area is 106 Å². The first kappa shape index (κ1) is 12.2. The third-order valence-corrected chi connectivity index (χ3v) is 3.31. The number of amides is 3. The largest absolute Gasteiger partial charge is 0.405 e. The van der Waals surface area contributed by atoms with E-state index in [0.29, 0.717) is 0 Å². The quantitative estimate of drug-likeness (QED) is 0.316. The smallest absolute Gasteiger partial charge is 0.387 e. The van der Waals surface area contributed by atoms with Crippen molar-refractivity contribution in [3.8, 4) is 0 Å². The molecule has 0 spiro atoms. The molecule has 0 aromatic rings. The molecule has 102 valence electrons. The van der Waals surface area contributed by atoms with Crippen molar-refractivity contribution in [2.24, 2.45) is 0 Å². The van der Waals surface area contributed by atoms with Crippen molar-refractivity contribution < 1.29 is 34.1 Å². The van der Waals surface area contributed by atoms with Gasteiger partial charge in [-0.2, -0.15) is 4.79 Å². The fourth-order valence-electron chi connectivity index (χ4n) is 2.36. The van der Waals surface area contributed by atoms with Gasteiger partial charge in [0, 0.05) is 0 Å². The highest BCUT2D eigenvalue weighted by atomic mass is 16.6. The molecule has 3 heterocycles. The Morgan fingerprint density at radius 2 is 2.11 bits per heavy atom. The average molecular weight is 270 g/mol. The second kappa shape index (κ2) is 4.08. The molecule has 5 atom stereocenters. The summed E-state index contributed by atoms with van der Waals surface area (Å²) in [5, 5.41) is 21.4. The summed E-state index contributed by atoms with van der Waals surface area (Å²) in [4.78, 5) is 27.0. The van der Waals surface area contributed by atoms with E-state index < -0.39 is 48.4 Å². The summed E-state index contributed by atoms with van der Waals surface area (Å²) < 4.78 is 10.6. The van der Waals surface area contributed by atoms with Crippen LogP contribution in [0.1, 0.15) is 0 Å². The highest BCUT2D eigenvalue weighted by Gasteiger charge is 2.58. The molecule has 10 heteroatoms. The molecule has 10 nitrogen and oxygen atoms in total. The van der Waals surface area contributed by atoms with Gasteiger partial charge in [-0.05, 0) is 0 Å². The molecule has 0 aliphatic carbocycles. The van der Waals surface area contributed by atoms with E-state index >= 15 is 0 Å². The van der Waals surface area contributed by atoms with E-state index in [1.807, 2.05) is 5.32 Å². The number of hydrogen-bond donors (Lipinski definition) is 3. The zero-order valence-electron chi connectivity index (χ0n) is 9.46. The van der Waals surface area contributed by atoms with Gasteiger partial charge < -0.3 is 25.2 Å². The van der Waals surface area contributed by atoms with Crippen LogP contribution in [0.3, 0.4) is 0 Å². The minimum atomic E-state index is -1.34. The fourth-order valence-corrected chi connectivity index (χ4v) is 2.36. The average Bonchev–Trinajstić information content (AvgIpc) is 2.56. The summed E-state index contributed by atoms with van der Waals surface area (Å²) in [5.74, 6) is -0.887. The molecule has 3 rings (SSSR count). The SMILES string of the molecule is [N-]=[N+]=C1C(=O)NC(=O)N2[C@@H]3O[C@H](CO[C@@H]12)[C@@H](O)[C@H]3O. The van der Waals surface area contributed by atoms with Crippen LogP contribution in [0.5, 0.6) is 0 Å². The van der Waals surface area contributed by atoms with E-state index in [1.165, 1.54) is 0 Å². The number of ether oxygens (including phenoxy) is 2. The molecule has 0 saturated carbocycles. The van der Waals surface area contributed by atoms with E-state index in [-0.39, 0.29) is 6.61 Å². The molecule has 3 aliphatic heterocycles. The molecule has 0 aromatic carbocycles. The molecule has 3 saturated heterocycles. The van der Waals surface area contributed by atoms with Crippen molar-refractivity contribution >= 4 is 17.6 Å². The Morgan fingerprint density at radius 3 is 2.79 bits per heavy atom. The lowest BCUT2D eigenvalue weighted by molar-refractivity contribution is -0.135. The maximum Gasteiger partial charge on any atom is 0.405 e. The predicted molar refractivity (Wildman–Crippen MR) is 54.4 cm³/mol. The van der Waals surface area contributed by atoms with Gasteiger partial charge in [0.05, 0.1) is 6.61 Å². The molecule has 0 radical (unpaired) electrons. The molecule has 3 aliphatic rings. The highest BCUT2D eigenvalue weighted by Crippen LogP contribution is 2.31. The number of rotatable bonds is 0. The molecule has 2 bridgehead atoms. The molecule has 0 aromatic heterocycles. The Hall–Kier alpha value is -1.84. The van der Waals surface area contributed by atoms with Gasteiger partial charge in [-0.15, -0.1) is 0 Å². The summed E-state index contributed by atoms with van der Waals surface area (Å²) in [6.07, 6.45) is -5.81. The van der Waals surface area contributed by atoms with Crippen molar-refractivity contribution in [1.29, 1.82) is 0 Å². The molecular formula is C9H10N4O6. The van der Waals surface area contributed by atoms with Crippen LogP contribution in [0, 0.1) is 0 Å². The van der Waals surface area contributed by atoms with E-state index in [2.05, 4.69) is 4.79 Å². The van der Waals surface area contributed by atoms with Crippen molar-refractivity contribution in [3.05, 3.63) is 5.53 Å². The topological polar surface area (TPSA) is 145 Å². The van der Waals surface area contributed by atoms with Gasteiger partial charge in [-0.1, -0.05) is 0 Å². The number of carbonyl (C=O) groups excluding carboxylic acids is 2. The molecule has 0 unspecified atom stereocenters. The molecule has 19 heavy (non-hydrogen) atoms. The minimum Gasteiger partial charge on any atom is -0.387 e. The van der Waals surface area contributed by atoms with Crippen molar-refractivity contribution in [3.63, 3.8) is 0 Å². The predicted octanol–water partition coefficient (Wildman–Crippen LogP) is -2.99. The van der Waals surface area contributed by atoms with E-state index in [4.69, 9.17) is 15.0 Å². The first-order chi connectivity index (χ1) is 9.04. The third-order valence-electron chi connectivity index (χ3n) is 3.31. The Morgan fingerprint density at radius 1 is 1.37 bits per heavy atom. The van der Waals surface area contributed by atoms with E-state index in [0.717, 1.165) is 4.90 Å². The van der Waals surface area contributed by atoms with Crippen LogP contribution in [-0.2, 0) is 14.3 Å². The lowest BCUT2D eigenvalue weighted by Gasteiger charge is -2.35. The summed E-state index contributed by atoms with van der Waals surface area (Å²) in [6, 6.07) is -0.860. The first-order valence-electron chi connectivity index (χ1n) is 5.53. The lowest BCUT2D eigenvalue weighted by Crippen LogP contribution is -2.66. The van der Waals surface area contributed by atoms with Crippen molar-refractivity contribution in [1.82, 2.24) is 10.2 Å². The lowest BCUT2D eigenvalue weighted by atomic mass is 10.1. The minimum absolute atomic E-state index is 0.157. The Bertz CT molecular complexity index is 503. The Balaban J connectivity index is 2.02. The maximum atomic E-state index is 11.8. The second-order valence-corrected chi connectivity index (χ2v) is 4.38. The van der Waals surface area contributed by atoms with Crippen LogP contribution in [0.25, 0.3) is 5.53 Å². The van der Waals surface area contributed by atoms with Crippen molar-refractivity contribution in [2.75, 3.05) is 6.61 Å². The van der Waals surface area contributed by atoms with Crippen molar-refractivity contribution in [2.45, 2.75) is 30.8 Å². The van der Waals surface area contributed by atoms with Gasteiger partial charge in [-0.3, -0.25) is 15.0 Å². The van der Waals surface area contributed by atoms with Gasteiger partial charge in [0.15, 0.2) is 6.23 Å². The molecule has 3 amide bonds. The van der Waals surface area contributed by atoms with Gasteiger partial charge in [0.2, 0.25) is 6.23 Å². The summed E-state index contributed by atoms with van der Waals surface area (Å²) in [5.41, 5.74) is 8.40. The summed E-state index contributed by atoms with van der Waals surface area (Å²) in [7, 11) is 0. The number of nitrogens with one attached hydrogen (secondary N) is 1. The zero-order chi connectivity index (χ0) is 13.7. The fraction of sp³-hybridized carbons (Fsp3) is 0.667. The molecule has 3 N–H and O–H groups in total. The number of nitrogens with zero attached hydrogens (tertiary/aromatic N) is 3. The monoisotopic (exact) mass is 270 g/mol. The number of aliphatic hydroxyl groups is 2. The van der Waals surface area contributed by atoms with Gasteiger partial charge >= 0.3 is 17.6 Å². The number of urea groups is 1. The Kier molecular flexibility index (Phi) is 2.62. The molecule has 3 fully saturated rings. The van der Waals surface area contributed by atoms with Gasteiger partial charge in [-0.25, -0.2) is 4.79 Å². The second-order valence-electron chi connectivity index (χ2n) is 4.38. The van der Waals surface area contributed by atoms with Crippen LogP contribution >= 0.6 is 0 Å². The van der Waals surface area contributed by atoms with E-state index in [9.17, 15) is 19.8 Å². The van der Waals surface area contributed by atoms with Crippen LogP contribution in [0.2, 0.25) is 0 Å². The highest BCUT2D eigenvalue weighted by molar-refractivity contribution is 6.42. The van der Waals surface area contributed by atoms with Crippen LogP contribution < -0.4 is 5.32 Å². The van der Waals surface area contributed by atoms with Crippen LogP contribution in [-0.4, -0.2) is 74.9 Å². The normalized spacial score (nSPS) is 41.5. The number of aliphatic hydroxyl groups excluding tert-OH is 2. The summed E-state index contributed by atoms with van der Waals surface area (Å²) >= 11 is 0. The van der Waals surface area contributed by atoms with Gasteiger partial charge in [0.25, 0.3) is 0 Å². The maximum absolute atomic E-state index is 11.8. The standard InChI is InChI=1S/C9H10N4O6/c10-12-3-6(16)11-9(17)13-7(3)18-1-2-4(14)5(15)8(13)19-2/h2,4-5,7-8,14-15H,1H2,(H,11,16,17)/t2-,4-,5-,7+,8-/m1/s1. The summed E-state index contributed by atoms with van der Waals surface area (Å²) in [6.45, 7) is -0.157. The third kappa shape index (κ3) is 1.59. The number of hydrogen-bond acceptors (Lipinski definition) is 6. The van der Waals surface area contributed by atoms with Crippen LogP contribution in [0.15, 0.2) is 0 Å². The van der Waals surface area contributed by atoms with E-state index in [1.54, 1.807) is 0 Å². The number of fused-ring (bicyclic) bond motifs is 4. The molecular weight excluding hydrogens is 260 g/mol. The van der Waals surface area contributed by atoms with Crippen LogP contribution in [0.4, 0.5) is 4.79 Å².